The maximum atomic E-state index is 11.1. The van der Waals surface area contributed by atoms with E-state index in [0.717, 1.165) is 25.3 Å². The van der Waals surface area contributed by atoms with Crippen molar-refractivity contribution in [1.29, 1.82) is 0 Å². The van der Waals surface area contributed by atoms with E-state index in [9.17, 15) is 4.79 Å². The van der Waals surface area contributed by atoms with Gasteiger partial charge in [-0.25, -0.2) is 4.98 Å². The maximum Gasteiger partial charge on any atom is 0.235 e. The molecular formula is C11H14ClN3O. The molecule has 1 fully saturated rings. The first kappa shape index (κ1) is 11.2. The highest BCUT2D eigenvalue weighted by Crippen LogP contribution is 2.17. The third kappa shape index (κ3) is 2.64. The van der Waals surface area contributed by atoms with Gasteiger partial charge in [-0.15, -0.1) is 11.6 Å². The minimum absolute atomic E-state index is 0.0279. The standard InChI is InChI=1S/C11H14ClN3O/c12-7-11(16)14-9-4-6-15(8-9)10-3-1-2-5-13-10/h1-3,5,9H,4,6-8H2,(H,14,16)/t9-/m1/s1. The fourth-order valence-corrected chi connectivity index (χ4v) is 1.97. The van der Waals surface area contributed by atoms with E-state index in [4.69, 9.17) is 11.6 Å². The second-order valence-electron chi connectivity index (χ2n) is 3.82. The van der Waals surface area contributed by atoms with E-state index < -0.39 is 0 Å². The minimum atomic E-state index is -0.102. The van der Waals surface area contributed by atoms with E-state index in [1.807, 2.05) is 18.2 Å². The van der Waals surface area contributed by atoms with Gasteiger partial charge in [0.15, 0.2) is 0 Å². The molecule has 0 aromatic carbocycles. The molecule has 1 aliphatic heterocycles. The number of pyridine rings is 1. The van der Waals surface area contributed by atoms with Gasteiger partial charge < -0.3 is 10.2 Å². The summed E-state index contributed by atoms with van der Waals surface area (Å²) in [5.41, 5.74) is 0. The summed E-state index contributed by atoms with van der Waals surface area (Å²) in [5, 5.41) is 2.89. The lowest BCUT2D eigenvalue weighted by molar-refractivity contribution is -0.119. The molecule has 16 heavy (non-hydrogen) atoms. The number of carbonyl (C=O) groups is 1. The second-order valence-corrected chi connectivity index (χ2v) is 4.09. The summed E-state index contributed by atoms with van der Waals surface area (Å²) >= 11 is 5.45. The fraction of sp³-hybridized carbons (Fsp3) is 0.455. The molecule has 5 heteroatoms. The van der Waals surface area contributed by atoms with E-state index in [-0.39, 0.29) is 17.8 Å². The average molecular weight is 240 g/mol. The largest absolute Gasteiger partial charge is 0.354 e. The van der Waals surface area contributed by atoms with Gasteiger partial charge in [0.25, 0.3) is 0 Å². The molecule has 4 nitrogen and oxygen atoms in total. The van der Waals surface area contributed by atoms with Gasteiger partial charge in [0.1, 0.15) is 11.7 Å². The molecule has 1 atom stereocenters. The molecule has 1 aromatic heterocycles. The van der Waals surface area contributed by atoms with Gasteiger partial charge in [-0.05, 0) is 18.6 Å². The molecule has 2 rings (SSSR count). The lowest BCUT2D eigenvalue weighted by Crippen LogP contribution is -2.37. The zero-order chi connectivity index (χ0) is 11.4. The molecule has 1 aromatic rings. The number of hydrogen-bond acceptors (Lipinski definition) is 3. The molecule has 0 unspecified atom stereocenters. The van der Waals surface area contributed by atoms with Gasteiger partial charge in [-0.1, -0.05) is 6.07 Å². The number of aromatic nitrogens is 1. The molecular weight excluding hydrogens is 226 g/mol. The first-order valence-electron chi connectivity index (χ1n) is 5.31. The van der Waals surface area contributed by atoms with Crippen molar-refractivity contribution in [2.45, 2.75) is 12.5 Å². The molecule has 1 aliphatic rings. The molecule has 0 bridgehead atoms. The van der Waals surface area contributed by atoms with Gasteiger partial charge in [-0.2, -0.15) is 0 Å². The number of rotatable bonds is 3. The summed E-state index contributed by atoms with van der Waals surface area (Å²) < 4.78 is 0. The van der Waals surface area contributed by atoms with Crippen LogP contribution in [0, 0.1) is 0 Å². The summed E-state index contributed by atoms with van der Waals surface area (Å²) in [6.45, 7) is 1.73. The Hall–Kier alpha value is -1.29. The Morgan fingerprint density at radius 1 is 1.62 bits per heavy atom. The molecule has 1 amide bonds. The van der Waals surface area contributed by atoms with E-state index in [1.165, 1.54) is 0 Å². The lowest BCUT2D eigenvalue weighted by atomic mass is 10.2. The van der Waals surface area contributed by atoms with E-state index in [2.05, 4.69) is 15.2 Å². The minimum Gasteiger partial charge on any atom is -0.354 e. The third-order valence-electron chi connectivity index (χ3n) is 2.65. The number of nitrogens with zero attached hydrogens (tertiary/aromatic N) is 2. The maximum absolute atomic E-state index is 11.1. The van der Waals surface area contributed by atoms with Crippen molar-refractivity contribution < 1.29 is 4.79 Å². The Kier molecular flexibility index (Phi) is 3.62. The first-order valence-corrected chi connectivity index (χ1v) is 5.84. The van der Waals surface area contributed by atoms with Crippen LogP contribution in [0.15, 0.2) is 24.4 Å². The predicted molar refractivity (Wildman–Crippen MR) is 63.7 cm³/mol. The number of carbonyl (C=O) groups excluding carboxylic acids is 1. The average Bonchev–Trinajstić information content (AvgIpc) is 2.78. The van der Waals surface area contributed by atoms with Crippen LogP contribution in [0.3, 0.4) is 0 Å². The van der Waals surface area contributed by atoms with Crippen LogP contribution in [0.4, 0.5) is 5.82 Å². The number of anilines is 1. The molecule has 1 saturated heterocycles. The molecule has 1 N–H and O–H groups in total. The zero-order valence-electron chi connectivity index (χ0n) is 8.90. The Morgan fingerprint density at radius 2 is 2.50 bits per heavy atom. The SMILES string of the molecule is O=C(CCl)N[C@@H]1CCN(c2ccccn2)C1. The molecule has 0 radical (unpaired) electrons. The molecule has 86 valence electrons. The van der Waals surface area contributed by atoms with E-state index in [0.29, 0.717) is 0 Å². The molecule has 0 spiro atoms. The second kappa shape index (κ2) is 5.16. The topological polar surface area (TPSA) is 45.2 Å². The Morgan fingerprint density at radius 3 is 3.19 bits per heavy atom. The molecule has 0 aliphatic carbocycles. The number of amides is 1. The predicted octanol–water partition coefficient (Wildman–Crippen LogP) is 1.02. The first-order chi connectivity index (χ1) is 7.79. The van der Waals surface area contributed by atoms with Crippen LogP contribution in [0.25, 0.3) is 0 Å². The van der Waals surface area contributed by atoms with Crippen LogP contribution in [0.2, 0.25) is 0 Å². The number of halogens is 1. The Bertz CT molecular complexity index is 358. The van der Waals surface area contributed by atoms with Gasteiger partial charge in [0, 0.05) is 25.3 Å². The number of nitrogens with one attached hydrogen (secondary N) is 1. The van der Waals surface area contributed by atoms with Crippen LogP contribution >= 0.6 is 11.6 Å². The lowest BCUT2D eigenvalue weighted by Gasteiger charge is -2.17. The highest BCUT2D eigenvalue weighted by Gasteiger charge is 2.24. The summed E-state index contributed by atoms with van der Waals surface area (Å²) in [7, 11) is 0. The number of alkyl halides is 1. The van der Waals surface area contributed by atoms with Crippen molar-refractivity contribution in [2.75, 3.05) is 23.9 Å². The van der Waals surface area contributed by atoms with E-state index >= 15 is 0 Å². The summed E-state index contributed by atoms with van der Waals surface area (Å²) in [6.07, 6.45) is 2.72. The summed E-state index contributed by atoms with van der Waals surface area (Å²) in [5.74, 6) is 0.889. The van der Waals surface area contributed by atoms with Crippen molar-refractivity contribution in [2.24, 2.45) is 0 Å². The zero-order valence-corrected chi connectivity index (χ0v) is 9.65. The highest BCUT2D eigenvalue weighted by atomic mass is 35.5. The summed E-state index contributed by atoms with van der Waals surface area (Å²) in [4.78, 5) is 17.6. The third-order valence-corrected chi connectivity index (χ3v) is 2.89. The van der Waals surface area contributed by atoms with Crippen LogP contribution in [-0.4, -0.2) is 35.9 Å². The van der Waals surface area contributed by atoms with Crippen molar-refractivity contribution in [3.8, 4) is 0 Å². The smallest absolute Gasteiger partial charge is 0.235 e. The van der Waals surface area contributed by atoms with Gasteiger partial charge in [-0.3, -0.25) is 4.79 Å². The quantitative estimate of drug-likeness (QED) is 0.801. The number of hydrogen-bond donors (Lipinski definition) is 1. The van der Waals surface area contributed by atoms with Crippen molar-refractivity contribution in [1.82, 2.24) is 10.3 Å². The van der Waals surface area contributed by atoms with Crippen LogP contribution < -0.4 is 10.2 Å². The monoisotopic (exact) mass is 239 g/mol. The van der Waals surface area contributed by atoms with Crippen molar-refractivity contribution >= 4 is 23.3 Å². The normalized spacial score (nSPS) is 19.8. The van der Waals surface area contributed by atoms with Crippen LogP contribution in [0.1, 0.15) is 6.42 Å². The van der Waals surface area contributed by atoms with Gasteiger partial charge in [0.05, 0.1) is 0 Å². The van der Waals surface area contributed by atoms with Gasteiger partial charge >= 0.3 is 0 Å². The van der Waals surface area contributed by atoms with E-state index in [1.54, 1.807) is 6.20 Å². The van der Waals surface area contributed by atoms with Crippen LogP contribution in [0.5, 0.6) is 0 Å². The molecule has 0 saturated carbocycles. The molecule has 2 heterocycles. The van der Waals surface area contributed by atoms with Crippen molar-refractivity contribution in [3.05, 3.63) is 24.4 Å². The highest BCUT2D eigenvalue weighted by molar-refractivity contribution is 6.27. The Labute approximate surface area is 99.6 Å². The van der Waals surface area contributed by atoms with Gasteiger partial charge in [0.2, 0.25) is 5.91 Å². The van der Waals surface area contributed by atoms with Crippen LogP contribution in [-0.2, 0) is 4.79 Å². The summed E-state index contributed by atoms with van der Waals surface area (Å²) in [6, 6.07) is 6.03. The Balaban J connectivity index is 1.91. The van der Waals surface area contributed by atoms with Crippen molar-refractivity contribution in [3.63, 3.8) is 0 Å². The fourth-order valence-electron chi connectivity index (χ4n) is 1.89.